The third-order valence-corrected chi connectivity index (χ3v) is 5.46. The number of hydrogen-bond acceptors (Lipinski definition) is 3. The zero-order valence-electron chi connectivity index (χ0n) is 13.8. The molecule has 0 radical (unpaired) electrons. The highest BCUT2D eigenvalue weighted by Gasteiger charge is 2.40. The molecule has 2 amide bonds. The molecule has 1 aromatic rings. The summed E-state index contributed by atoms with van der Waals surface area (Å²) < 4.78 is 0. The van der Waals surface area contributed by atoms with Crippen LogP contribution in [-0.2, 0) is 9.59 Å². The number of carbonyl (C=O) groups excluding carboxylic acids is 2. The van der Waals surface area contributed by atoms with Gasteiger partial charge in [0, 0.05) is 23.4 Å². The molecule has 130 valence electrons. The number of halogens is 1. The average molecular weight is 350 g/mol. The summed E-state index contributed by atoms with van der Waals surface area (Å²) in [4.78, 5) is 24.4. The summed E-state index contributed by atoms with van der Waals surface area (Å²) in [6.07, 6.45) is 4.54. The van der Waals surface area contributed by atoms with Crippen LogP contribution in [0.15, 0.2) is 24.3 Å². The van der Waals surface area contributed by atoms with Crippen molar-refractivity contribution in [2.45, 2.75) is 51.1 Å². The van der Waals surface area contributed by atoms with Crippen molar-refractivity contribution in [3.63, 3.8) is 0 Å². The molecule has 6 heteroatoms. The molecule has 3 rings (SSSR count). The lowest BCUT2D eigenvalue weighted by Gasteiger charge is -2.41. The summed E-state index contributed by atoms with van der Waals surface area (Å²) in [6, 6.07) is 7.42. The maximum absolute atomic E-state index is 12.4. The minimum absolute atomic E-state index is 0.00424. The van der Waals surface area contributed by atoms with Crippen LogP contribution < -0.4 is 16.2 Å². The number of amides is 2. The minimum atomic E-state index is -0.0740. The van der Waals surface area contributed by atoms with Crippen molar-refractivity contribution < 1.29 is 9.59 Å². The van der Waals surface area contributed by atoms with Gasteiger partial charge in [-0.25, -0.2) is 5.43 Å². The summed E-state index contributed by atoms with van der Waals surface area (Å²) in [5.74, 6) is 0.372. The molecule has 5 nitrogen and oxygen atoms in total. The second-order valence-electron chi connectivity index (χ2n) is 6.84. The Morgan fingerprint density at radius 3 is 2.75 bits per heavy atom. The number of carbonyl (C=O) groups is 2. The van der Waals surface area contributed by atoms with Gasteiger partial charge >= 0.3 is 0 Å². The van der Waals surface area contributed by atoms with Crippen LogP contribution in [0.1, 0.15) is 50.6 Å². The topological polar surface area (TPSA) is 70.2 Å². The van der Waals surface area contributed by atoms with Gasteiger partial charge in [0.1, 0.15) is 0 Å². The van der Waals surface area contributed by atoms with Crippen molar-refractivity contribution in [2.75, 3.05) is 0 Å². The Morgan fingerprint density at radius 2 is 2.00 bits per heavy atom. The lowest BCUT2D eigenvalue weighted by molar-refractivity contribution is -0.135. The maximum atomic E-state index is 12.4. The predicted molar refractivity (Wildman–Crippen MR) is 93.1 cm³/mol. The maximum Gasteiger partial charge on any atom is 0.237 e. The molecule has 0 spiro atoms. The minimum Gasteiger partial charge on any atom is -0.350 e. The molecule has 1 saturated carbocycles. The van der Waals surface area contributed by atoms with E-state index >= 15 is 0 Å². The highest BCUT2D eigenvalue weighted by molar-refractivity contribution is 6.30. The van der Waals surface area contributed by atoms with Crippen LogP contribution in [0.3, 0.4) is 0 Å². The molecule has 0 bridgehead atoms. The summed E-state index contributed by atoms with van der Waals surface area (Å²) in [7, 11) is 0. The number of nitrogens with one attached hydrogen (secondary N) is 3. The van der Waals surface area contributed by atoms with Crippen LogP contribution in [0.4, 0.5) is 0 Å². The molecule has 4 atom stereocenters. The molecular weight excluding hydrogens is 326 g/mol. The van der Waals surface area contributed by atoms with E-state index in [0.717, 1.165) is 31.2 Å². The van der Waals surface area contributed by atoms with E-state index < -0.39 is 0 Å². The largest absolute Gasteiger partial charge is 0.350 e. The van der Waals surface area contributed by atoms with E-state index in [1.54, 1.807) is 0 Å². The van der Waals surface area contributed by atoms with E-state index in [1.165, 1.54) is 0 Å². The summed E-state index contributed by atoms with van der Waals surface area (Å²) >= 11 is 5.90. The van der Waals surface area contributed by atoms with Gasteiger partial charge in [-0.2, -0.15) is 0 Å². The zero-order chi connectivity index (χ0) is 17.1. The Morgan fingerprint density at radius 1 is 1.29 bits per heavy atom. The molecule has 2 aliphatic rings. The molecular formula is C18H24ClN3O2. The van der Waals surface area contributed by atoms with Gasteiger partial charge in [-0.15, -0.1) is 0 Å². The Hall–Kier alpha value is -1.59. The Bertz CT molecular complexity index is 605. The monoisotopic (exact) mass is 349 g/mol. The molecule has 1 aliphatic heterocycles. The molecule has 3 N–H and O–H groups in total. The molecule has 1 aliphatic carbocycles. The van der Waals surface area contributed by atoms with Crippen molar-refractivity contribution in [3.8, 4) is 0 Å². The molecule has 4 unspecified atom stereocenters. The van der Waals surface area contributed by atoms with Gasteiger partial charge in [0.25, 0.3) is 0 Å². The molecule has 24 heavy (non-hydrogen) atoms. The Kier molecular flexibility index (Phi) is 5.41. The quantitative estimate of drug-likeness (QED) is 0.782. The number of fused-ring (bicyclic) bond motifs is 1. The first kappa shape index (κ1) is 17.2. The first-order chi connectivity index (χ1) is 11.5. The lowest BCUT2D eigenvalue weighted by Crippen LogP contribution is -2.60. The smallest absolute Gasteiger partial charge is 0.237 e. The summed E-state index contributed by atoms with van der Waals surface area (Å²) in [5, 5.41) is 3.72. The van der Waals surface area contributed by atoms with Crippen molar-refractivity contribution in [1.29, 1.82) is 0 Å². The van der Waals surface area contributed by atoms with Gasteiger partial charge in [-0.1, -0.05) is 36.6 Å². The van der Waals surface area contributed by atoms with Crippen molar-refractivity contribution in [2.24, 2.45) is 11.8 Å². The number of hydrazine groups is 1. The van der Waals surface area contributed by atoms with E-state index in [4.69, 9.17) is 11.6 Å². The fraction of sp³-hybridized carbons (Fsp3) is 0.556. The predicted octanol–water partition coefficient (Wildman–Crippen LogP) is 2.72. The third kappa shape index (κ3) is 3.90. The summed E-state index contributed by atoms with van der Waals surface area (Å²) in [5.41, 5.74) is 6.81. The van der Waals surface area contributed by atoms with Gasteiger partial charge in [0.05, 0.1) is 6.04 Å². The SMILES string of the molecule is CC(NC(=O)CC1NNC(=O)C2CCCCC12)c1ccc(Cl)cc1. The molecule has 1 saturated heterocycles. The summed E-state index contributed by atoms with van der Waals surface area (Å²) in [6.45, 7) is 1.96. The second-order valence-corrected chi connectivity index (χ2v) is 7.28. The molecule has 1 heterocycles. The van der Waals surface area contributed by atoms with E-state index in [1.807, 2.05) is 31.2 Å². The fourth-order valence-electron chi connectivity index (χ4n) is 3.87. The van der Waals surface area contributed by atoms with Gasteiger partial charge in [0.2, 0.25) is 11.8 Å². The molecule has 2 fully saturated rings. The number of rotatable bonds is 4. The fourth-order valence-corrected chi connectivity index (χ4v) is 3.99. The van der Waals surface area contributed by atoms with E-state index in [2.05, 4.69) is 16.2 Å². The van der Waals surface area contributed by atoms with Crippen molar-refractivity contribution >= 4 is 23.4 Å². The van der Waals surface area contributed by atoms with Crippen LogP contribution >= 0.6 is 11.6 Å². The van der Waals surface area contributed by atoms with Crippen LogP contribution in [-0.4, -0.2) is 17.9 Å². The first-order valence-electron chi connectivity index (χ1n) is 8.65. The normalized spacial score (nSPS) is 27.8. The van der Waals surface area contributed by atoms with Crippen LogP contribution in [0.5, 0.6) is 0 Å². The van der Waals surface area contributed by atoms with Gasteiger partial charge in [-0.05, 0) is 43.4 Å². The van der Waals surface area contributed by atoms with Gasteiger partial charge in [-0.3, -0.25) is 15.0 Å². The van der Waals surface area contributed by atoms with Gasteiger partial charge < -0.3 is 5.32 Å². The molecule has 0 aromatic heterocycles. The Balaban J connectivity index is 1.57. The zero-order valence-corrected chi connectivity index (χ0v) is 14.6. The Labute approximate surface area is 147 Å². The van der Waals surface area contributed by atoms with E-state index in [0.29, 0.717) is 11.4 Å². The standard InChI is InChI=1S/C18H24ClN3O2/c1-11(12-6-8-13(19)9-7-12)20-17(23)10-16-14-4-2-3-5-15(14)18(24)22-21-16/h6-9,11,14-16,21H,2-5,10H2,1H3,(H,20,23)(H,22,24). The average Bonchev–Trinajstić information content (AvgIpc) is 2.58. The van der Waals surface area contributed by atoms with E-state index in [-0.39, 0.29) is 35.7 Å². The number of hydrogen-bond donors (Lipinski definition) is 3. The van der Waals surface area contributed by atoms with Crippen LogP contribution in [0.25, 0.3) is 0 Å². The lowest BCUT2D eigenvalue weighted by atomic mass is 9.73. The van der Waals surface area contributed by atoms with Crippen LogP contribution in [0.2, 0.25) is 5.02 Å². The highest BCUT2D eigenvalue weighted by Crippen LogP contribution is 2.35. The van der Waals surface area contributed by atoms with Crippen molar-refractivity contribution in [3.05, 3.63) is 34.9 Å². The number of benzene rings is 1. The van der Waals surface area contributed by atoms with Crippen LogP contribution in [0, 0.1) is 11.8 Å². The first-order valence-corrected chi connectivity index (χ1v) is 9.02. The highest BCUT2D eigenvalue weighted by atomic mass is 35.5. The second kappa shape index (κ2) is 7.53. The van der Waals surface area contributed by atoms with Crippen molar-refractivity contribution in [1.82, 2.24) is 16.2 Å². The third-order valence-electron chi connectivity index (χ3n) is 5.21. The van der Waals surface area contributed by atoms with Gasteiger partial charge in [0.15, 0.2) is 0 Å². The molecule has 1 aromatic carbocycles. The van der Waals surface area contributed by atoms with E-state index in [9.17, 15) is 9.59 Å².